The highest BCUT2D eigenvalue weighted by molar-refractivity contribution is 6.01. The van der Waals surface area contributed by atoms with E-state index in [1.54, 1.807) is 6.92 Å². The molecule has 1 aliphatic heterocycles. The molecule has 0 aromatic carbocycles. The van der Waals surface area contributed by atoms with Crippen LogP contribution < -0.4 is 0 Å². The van der Waals surface area contributed by atoms with Crippen molar-refractivity contribution < 1.29 is 28.8 Å². The number of hydrogen-bond donors (Lipinski definition) is 0. The van der Waals surface area contributed by atoms with Crippen molar-refractivity contribution >= 4 is 23.8 Å². The predicted octanol–water partition coefficient (Wildman–Crippen LogP) is 2.28. The normalized spacial score (nSPS) is 14.2. The van der Waals surface area contributed by atoms with Crippen LogP contribution in [0.5, 0.6) is 0 Å². The van der Waals surface area contributed by atoms with E-state index in [0.29, 0.717) is 24.5 Å². The van der Waals surface area contributed by atoms with E-state index in [2.05, 4.69) is 0 Å². The van der Waals surface area contributed by atoms with Gasteiger partial charge >= 0.3 is 11.9 Å². The Kier molecular flexibility index (Phi) is 8.94. The lowest BCUT2D eigenvalue weighted by Crippen LogP contribution is -2.31. The monoisotopic (exact) mass is 327 g/mol. The zero-order chi connectivity index (χ0) is 17.1. The van der Waals surface area contributed by atoms with Gasteiger partial charge in [-0.3, -0.25) is 14.4 Å². The minimum absolute atomic E-state index is 0.109. The number of carbonyl (C=O) groups is 4. The number of imide groups is 1. The molecule has 7 heteroatoms. The largest absolute Gasteiger partial charge is 0.466 e. The molecule has 130 valence electrons. The van der Waals surface area contributed by atoms with E-state index in [0.717, 1.165) is 32.1 Å². The van der Waals surface area contributed by atoms with Crippen LogP contribution in [-0.2, 0) is 28.8 Å². The second-order valence-electron chi connectivity index (χ2n) is 5.47. The summed E-state index contributed by atoms with van der Waals surface area (Å²) in [5, 5.41) is 0.581. The van der Waals surface area contributed by atoms with E-state index >= 15 is 0 Å². The van der Waals surface area contributed by atoms with Crippen LogP contribution in [0.25, 0.3) is 0 Å². The SMILES string of the molecule is CCOC(=O)CCCCCCCCC(=O)ON1C(=O)CCC1=O. The number of hydroxylamine groups is 2. The molecule has 0 aromatic rings. The van der Waals surface area contributed by atoms with Gasteiger partial charge < -0.3 is 9.57 Å². The van der Waals surface area contributed by atoms with Crippen LogP contribution in [0.4, 0.5) is 0 Å². The first-order valence-electron chi connectivity index (χ1n) is 8.26. The molecule has 1 saturated heterocycles. The van der Waals surface area contributed by atoms with E-state index in [4.69, 9.17) is 9.57 Å². The molecule has 2 amide bonds. The Morgan fingerprint density at radius 2 is 1.35 bits per heavy atom. The maximum atomic E-state index is 11.5. The van der Waals surface area contributed by atoms with Gasteiger partial charge in [-0.1, -0.05) is 25.7 Å². The van der Waals surface area contributed by atoms with Crippen LogP contribution in [0.2, 0.25) is 0 Å². The fraction of sp³-hybridized carbons (Fsp3) is 0.750. The Labute approximate surface area is 136 Å². The Hall–Kier alpha value is -1.92. The highest BCUT2D eigenvalue weighted by Crippen LogP contribution is 2.14. The highest BCUT2D eigenvalue weighted by Gasteiger charge is 2.32. The lowest BCUT2D eigenvalue weighted by molar-refractivity contribution is -0.197. The molecular weight excluding hydrogens is 302 g/mol. The minimum atomic E-state index is -0.545. The van der Waals surface area contributed by atoms with Crippen molar-refractivity contribution in [2.45, 2.75) is 71.1 Å². The number of nitrogens with zero attached hydrogens (tertiary/aromatic N) is 1. The average Bonchev–Trinajstić information content (AvgIpc) is 2.82. The fourth-order valence-corrected chi connectivity index (χ4v) is 2.28. The lowest BCUT2D eigenvalue weighted by Gasteiger charge is -2.12. The summed E-state index contributed by atoms with van der Waals surface area (Å²) in [6.45, 7) is 2.21. The minimum Gasteiger partial charge on any atom is -0.466 e. The second-order valence-corrected chi connectivity index (χ2v) is 5.47. The van der Waals surface area contributed by atoms with E-state index < -0.39 is 17.8 Å². The molecule has 0 N–H and O–H groups in total. The molecule has 1 aliphatic rings. The maximum absolute atomic E-state index is 11.5. The summed E-state index contributed by atoms with van der Waals surface area (Å²) in [5.41, 5.74) is 0. The van der Waals surface area contributed by atoms with Gasteiger partial charge in [0, 0.05) is 25.7 Å². The summed E-state index contributed by atoms with van der Waals surface area (Å²) in [5.74, 6) is -1.60. The summed E-state index contributed by atoms with van der Waals surface area (Å²) >= 11 is 0. The lowest BCUT2D eigenvalue weighted by atomic mass is 10.1. The summed E-state index contributed by atoms with van der Waals surface area (Å²) in [7, 11) is 0. The molecule has 23 heavy (non-hydrogen) atoms. The molecule has 0 aromatic heterocycles. The molecule has 0 bridgehead atoms. The number of unbranched alkanes of at least 4 members (excludes halogenated alkanes) is 5. The van der Waals surface area contributed by atoms with Crippen LogP contribution in [0.15, 0.2) is 0 Å². The molecule has 0 saturated carbocycles. The van der Waals surface area contributed by atoms with Crippen molar-refractivity contribution in [3.63, 3.8) is 0 Å². The number of ether oxygens (including phenoxy) is 1. The predicted molar refractivity (Wildman–Crippen MR) is 80.7 cm³/mol. The van der Waals surface area contributed by atoms with Crippen LogP contribution in [0, 0.1) is 0 Å². The van der Waals surface area contributed by atoms with Crippen LogP contribution in [-0.4, -0.2) is 35.4 Å². The topological polar surface area (TPSA) is 90.0 Å². The smallest absolute Gasteiger partial charge is 0.333 e. The van der Waals surface area contributed by atoms with Crippen LogP contribution in [0.1, 0.15) is 71.1 Å². The molecule has 7 nitrogen and oxygen atoms in total. The second kappa shape index (κ2) is 10.7. The molecule has 0 unspecified atom stereocenters. The maximum Gasteiger partial charge on any atom is 0.333 e. The third-order valence-electron chi connectivity index (χ3n) is 3.52. The van der Waals surface area contributed by atoms with Gasteiger partial charge in [0.2, 0.25) is 0 Å². The van der Waals surface area contributed by atoms with E-state index in [1.165, 1.54) is 0 Å². The first-order chi connectivity index (χ1) is 11.0. The molecule has 1 fully saturated rings. The summed E-state index contributed by atoms with van der Waals surface area (Å²) in [6.07, 6.45) is 6.15. The van der Waals surface area contributed by atoms with Gasteiger partial charge in [-0.15, -0.1) is 5.06 Å². The van der Waals surface area contributed by atoms with Crippen molar-refractivity contribution in [1.29, 1.82) is 0 Å². The summed E-state index contributed by atoms with van der Waals surface area (Å²) in [4.78, 5) is 50.0. The van der Waals surface area contributed by atoms with Crippen LogP contribution in [0.3, 0.4) is 0 Å². The molecule has 0 spiro atoms. The van der Waals surface area contributed by atoms with Crippen molar-refractivity contribution in [1.82, 2.24) is 5.06 Å². The standard InChI is InChI=1S/C16H25NO6/c1-2-22-15(20)9-7-5-3-4-6-8-10-16(21)23-17-13(18)11-12-14(17)19/h2-12H2,1H3. The first kappa shape index (κ1) is 19.1. The Morgan fingerprint density at radius 1 is 0.870 bits per heavy atom. The first-order valence-corrected chi connectivity index (χ1v) is 8.26. The van der Waals surface area contributed by atoms with E-state index in [9.17, 15) is 19.2 Å². The van der Waals surface area contributed by atoms with Gasteiger partial charge in [0.05, 0.1) is 6.61 Å². The van der Waals surface area contributed by atoms with E-state index in [1.807, 2.05) is 0 Å². The Balaban J connectivity index is 1.96. The van der Waals surface area contributed by atoms with Gasteiger partial charge in [-0.2, -0.15) is 0 Å². The molecule has 1 rings (SSSR count). The van der Waals surface area contributed by atoms with Gasteiger partial charge in [-0.25, -0.2) is 4.79 Å². The number of rotatable bonds is 11. The molecular formula is C16H25NO6. The van der Waals surface area contributed by atoms with Crippen molar-refractivity contribution in [2.75, 3.05) is 6.61 Å². The third kappa shape index (κ3) is 7.76. The number of hydrogen-bond acceptors (Lipinski definition) is 6. The highest BCUT2D eigenvalue weighted by atomic mass is 16.7. The van der Waals surface area contributed by atoms with Crippen molar-refractivity contribution in [3.8, 4) is 0 Å². The fourth-order valence-electron chi connectivity index (χ4n) is 2.28. The zero-order valence-electron chi connectivity index (χ0n) is 13.7. The van der Waals surface area contributed by atoms with Gasteiger partial charge in [0.15, 0.2) is 0 Å². The quantitative estimate of drug-likeness (QED) is 0.328. The third-order valence-corrected chi connectivity index (χ3v) is 3.52. The van der Waals surface area contributed by atoms with Crippen LogP contribution >= 0.6 is 0 Å². The zero-order valence-corrected chi connectivity index (χ0v) is 13.7. The summed E-state index contributed by atoms with van der Waals surface area (Å²) in [6, 6.07) is 0. The number of esters is 1. The molecule has 0 atom stereocenters. The van der Waals surface area contributed by atoms with Gasteiger partial charge in [-0.05, 0) is 19.8 Å². The Bertz CT molecular complexity index is 418. The van der Waals surface area contributed by atoms with E-state index in [-0.39, 0.29) is 25.2 Å². The number of carbonyl (C=O) groups excluding carboxylic acids is 4. The van der Waals surface area contributed by atoms with Gasteiger partial charge in [0.25, 0.3) is 11.8 Å². The Morgan fingerprint density at radius 3 is 1.87 bits per heavy atom. The van der Waals surface area contributed by atoms with Crippen molar-refractivity contribution in [3.05, 3.63) is 0 Å². The molecule has 0 aliphatic carbocycles. The molecule has 0 radical (unpaired) electrons. The summed E-state index contributed by atoms with van der Waals surface area (Å²) < 4.78 is 4.84. The van der Waals surface area contributed by atoms with Gasteiger partial charge in [0.1, 0.15) is 0 Å². The van der Waals surface area contributed by atoms with Crippen molar-refractivity contribution in [2.24, 2.45) is 0 Å². The molecule has 1 heterocycles. The number of amides is 2. The average molecular weight is 327 g/mol.